The Bertz CT molecular complexity index is 1180. The third kappa shape index (κ3) is 6.86. The van der Waals surface area contributed by atoms with Crippen LogP contribution in [0.5, 0.6) is 5.75 Å². The number of ether oxygens (including phenoxy) is 1. The summed E-state index contributed by atoms with van der Waals surface area (Å²) in [7, 11) is -0.0781. The molecule has 0 radical (unpaired) electrons. The van der Waals surface area contributed by atoms with Crippen molar-refractivity contribution in [3.63, 3.8) is 0 Å². The maximum Gasteiger partial charge on any atom is 0.244 e. The van der Waals surface area contributed by atoms with Gasteiger partial charge in [-0.3, -0.25) is 9.69 Å². The number of fused-ring (bicyclic) bond motifs is 1. The molecule has 1 amide bonds. The van der Waals surface area contributed by atoms with Gasteiger partial charge in [0.2, 0.25) is 5.91 Å². The Labute approximate surface area is 203 Å². The average Bonchev–Trinajstić information content (AvgIpc) is 3.16. The van der Waals surface area contributed by atoms with Crippen LogP contribution < -0.4 is 9.64 Å². The molecule has 180 valence electrons. The number of carbonyl (C=O) groups is 1. The standard InChI is InChI=1S/C22H26FN3O4S2.ClH/c1-4-30-18-7-5-8-19-21(18)24-22(31-19)26(14-6-13-25(2)3)20(27)15-32(28,29)17-11-9-16(23)10-12-17;/h5,7-12H,4,6,13-15H2,1-3H3;1H. The Kier molecular flexibility index (Phi) is 9.59. The van der Waals surface area contributed by atoms with Crippen LogP contribution in [0.15, 0.2) is 47.4 Å². The molecule has 0 saturated carbocycles. The Balaban J connectivity index is 0.00000385. The average molecular weight is 516 g/mol. The smallest absolute Gasteiger partial charge is 0.244 e. The molecule has 3 aromatic rings. The number of thiazole rings is 1. The lowest BCUT2D eigenvalue weighted by Gasteiger charge is -2.21. The van der Waals surface area contributed by atoms with E-state index in [2.05, 4.69) is 4.98 Å². The number of anilines is 1. The van der Waals surface area contributed by atoms with Crippen LogP contribution in [0.1, 0.15) is 13.3 Å². The van der Waals surface area contributed by atoms with E-state index in [0.717, 1.165) is 23.4 Å². The number of benzene rings is 2. The number of carbonyl (C=O) groups excluding carboxylic acids is 1. The summed E-state index contributed by atoms with van der Waals surface area (Å²) in [5, 5.41) is 0.421. The van der Waals surface area contributed by atoms with Crippen molar-refractivity contribution >= 4 is 54.8 Å². The van der Waals surface area contributed by atoms with Crippen LogP contribution in [0.3, 0.4) is 0 Å². The monoisotopic (exact) mass is 515 g/mol. The predicted octanol–water partition coefficient (Wildman–Crippen LogP) is 4.01. The molecule has 0 N–H and O–H groups in total. The largest absolute Gasteiger partial charge is 0.492 e. The number of para-hydroxylation sites is 1. The zero-order chi connectivity index (χ0) is 23.3. The molecule has 1 aromatic heterocycles. The van der Waals surface area contributed by atoms with Crippen molar-refractivity contribution in [3.8, 4) is 5.75 Å². The molecule has 0 aliphatic heterocycles. The first-order chi connectivity index (χ1) is 15.2. The first-order valence-electron chi connectivity index (χ1n) is 10.2. The highest BCUT2D eigenvalue weighted by atomic mass is 35.5. The van der Waals surface area contributed by atoms with Gasteiger partial charge in [-0.05, 0) is 70.4 Å². The van der Waals surface area contributed by atoms with Crippen molar-refractivity contribution < 1.29 is 22.3 Å². The minimum atomic E-state index is -3.93. The molecular formula is C22H27ClFN3O4S2. The molecule has 3 rings (SSSR count). The van der Waals surface area contributed by atoms with Gasteiger partial charge in [-0.25, -0.2) is 17.8 Å². The van der Waals surface area contributed by atoms with Gasteiger partial charge in [-0.15, -0.1) is 12.4 Å². The van der Waals surface area contributed by atoms with Crippen molar-refractivity contribution in [3.05, 3.63) is 48.3 Å². The van der Waals surface area contributed by atoms with E-state index in [1.165, 1.54) is 28.4 Å². The van der Waals surface area contributed by atoms with Gasteiger partial charge in [0, 0.05) is 6.54 Å². The molecule has 7 nitrogen and oxygen atoms in total. The number of rotatable bonds is 10. The van der Waals surface area contributed by atoms with E-state index < -0.39 is 27.3 Å². The first-order valence-corrected chi connectivity index (χ1v) is 12.6. The minimum Gasteiger partial charge on any atom is -0.492 e. The van der Waals surface area contributed by atoms with Crippen LogP contribution in [-0.4, -0.2) is 63.8 Å². The molecule has 0 atom stereocenters. The molecule has 0 spiro atoms. The quantitative estimate of drug-likeness (QED) is 0.379. The predicted molar refractivity (Wildman–Crippen MR) is 132 cm³/mol. The molecule has 0 unspecified atom stereocenters. The van der Waals surface area contributed by atoms with Crippen molar-refractivity contribution in [2.45, 2.75) is 18.2 Å². The Morgan fingerprint density at radius 2 is 1.82 bits per heavy atom. The van der Waals surface area contributed by atoms with E-state index in [-0.39, 0.29) is 17.3 Å². The number of halogens is 2. The van der Waals surface area contributed by atoms with Gasteiger partial charge in [0.15, 0.2) is 15.0 Å². The second-order valence-corrected chi connectivity index (χ2v) is 10.4. The molecule has 0 bridgehead atoms. The van der Waals surface area contributed by atoms with E-state index in [1.54, 1.807) is 0 Å². The highest BCUT2D eigenvalue weighted by Gasteiger charge is 2.27. The van der Waals surface area contributed by atoms with Crippen molar-refractivity contribution in [2.75, 3.05) is 44.4 Å². The summed E-state index contributed by atoms with van der Waals surface area (Å²) in [4.78, 5) is 21.1. The van der Waals surface area contributed by atoms with Crippen LogP contribution in [0.4, 0.5) is 9.52 Å². The molecule has 33 heavy (non-hydrogen) atoms. The van der Waals surface area contributed by atoms with Crippen LogP contribution in [0.25, 0.3) is 10.2 Å². The third-order valence-corrected chi connectivity index (χ3v) is 7.34. The third-order valence-electron chi connectivity index (χ3n) is 4.68. The van der Waals surface area contributed by atoms with Gasteiger partial charge in [-0.2, -0.15) is 0 Å². The zero-order valence-electron chi connectivity index (χ0n) is 18.7. The van der Waals surface area contributed by atoms with Crippen LogP contribution in [0.2, 0.25) is 0 Å². The van der Waals surface area contributed by atoms with E-state index in [9.17, 15) is 17.6 Å². The van der Waals surface area contributed by atoms with E-state index in [0.29, 0.717) is 36.0 Å². The maximum absolute atomic E-state index is 13.2. The molecule has 0 aliphatic rings. The molecule has 0 aliphatic carbocycles. The second kappa shape index (κ2) is 11.7. The van der Waals surface area contributed by atoms with Crippen LogP contribution in [0, 0.1) is 5.82 Å². The molecule has 0 fully saturated rings. The molecular weight excluding hydrogens is 489 g/mol. The van der Waals surface area contributed by atoms with Gasteiger partial charge >= 0.3 is 0 Å². The Hall–Kier alpha value is -2.27. The summed E-state index contributed by atoms with van der Waals surface area (Å²) in [6.45, 7) is 3.40. The summed E-state index contributed by atoms with van der Waals surface area (Å²) in [6.07, 6.45) is 0.642. The SMILES string of the molecule is CCOc1cccc2sc(N(CCCN(C)C)C(=O)CS(=O)(=O)c3ccc(F)cc3)nc12.Cl. The van der Waals surface area contributed by atoms with E-state index in [1.807, 2.05) is 44.1 Å². The van der Waals surface area contributed by atoms with Crippen LogP contribution >= 0.6 is 23.7 Å². The number of hydrogen-bond acceptors (Lipinski definition) is 7. The summed E-state index contributed by atoms with van der Waals surface area (Å²) >= 11 is 1.31. The number of amides is 1. The van der Waals surface area contributed by atoms with E-state index >= 15 is 0 Å². The number of sulfone groups is 1. The lowest BCUT2D eigenvalue weighted by Crippen LogP contribution is -2.37. The fraction of sp³-hybridized carbons (Fsp3) is 0.364. The van der Waals surface area contributed by atoms with Gasteiger partial charge in [0.05, 0.1) is 16.2 Å². The molecule has 1 heterocycles. The van der Waals surface area contributed by atoms with Gasteiger partial charge in [0.25, 0.3) is 0 Å². The molecule has 0 saturated heterocycles. The zero-order valence-corrected chi connectivity index (χ0v) is 21.1. The summed E-state index contributed by atoms with van der Waals surface area (Å²) in [5.41, 5.74) is 0.640. The number of aromatic nitrogens is 1. The van der Waals surface area contributed by atoms with Crippen molar-refractivity contribution in [1.82, 2.24) is 9.88 Å². The summed E-state index contributed by atoms with van der Waals surface area (Å²) in [6, 6.07) is 10.0. The Morgan fingerprint density at radius 1 is 1.12 bits per heavy atom. The fourth-order valence-corrected chi connectivity index (χ4v) is 5.36. The van der Waals surface area contributed by atoms with E-state index in [4.69, 9.17) is 4.74 Å². The van der Waals surface area contributed by atoms with Gasteiger partial charge in [-0.1, -0.05) is 17.4 Å². The van der Waals surface area contributed by atoms with Gasteiger partial charge in [0.1, 0.15) is 22.8 Å². The molecule has 11 heteroatoms. The highest BCUT2D eigenvalue weighted by Crippen LogP contribution is 2.34. The maximum atomic E-state index is 13.2. The van der Waals surface area contributed by atoms with Crippen LogP contribution in [-0.2, 0) is 14.6 Å². The summed E-state index contributed by atoms with van der Waals surface area (Å²) in [5.74, 6) is -1.23. The summed E-state index contributed by atoms with van der Waals surface area (Å²) < 4.78 is 45.2. The van der Waals surface area contributed by atoms with Crippen molar-refractivity contribution in [1.29, 1.82) is 0 Å². The fourth-order valence-electron chi connectivity index (χ4n) is 3.14. The number of hydrogen-bond donors (Lipinski definition) is 0. The molecule has 2 aromatic carbocycles. The minimum absolute atomic E-state index is 0. The normalized spacial score (nSPS) is 11.4. The number of nitrogens with zero attached hydrogens (tertiary/aromatic N) is 3. The second-order valence-electron chi connectivity index (χ2n) is 7.45. The Morgan fingerprint density at radius 3 is 2.45 bits per heavy atom. The van der Waals surface area contributed by atoms with Gasteiger partial charge < -0.3 is 9.64 Å². The van der Waals surface area contributed by atoms with Crippen molar-refractivity contribution in [2.24, 2.45) is 0 Å². The lowest BCUT2D eigenvalue weighted by atomic mass is 10.3. The topological polar surface area (TPSA) is 79.8 Å². The lowest BCUT2D eigenvalue weighted by molar-refractivity contribution is -0.116. The first kappa shape index (κ1) is 27.0. The highest BCUT2D eigenvalue weighted by molar-refractivity contribution is 7.92.